The van der Waals surface area contributed by atoms with Gasteiger partial charge in [0.05, 0.1) is 6.26 Å². The van der Waals surface area contributed by atoms with E-state index >= 15 is 0 Å². The van der Waals surface area contributed by atoms with Gasteiger partial charge in [0.1, 0.15) is 5.82 Å². The minimum absolute atomic E-state index is 0.105. The Balaban J connectivity index is 2.23. The van der Waals surface area contributed by atoms with Crippen molar-refractivity contribution in [2.45, 2.75) is 12.5 Å². The molecule has 0 aliphatic rings. The number of nitrogens with one attached hydrogen (secondary N) is 1. The molecule has 1 aromatic carbocycles. The molecule has 1 N–H and O–H groups in total. The quantitative estimate of drug-likeness (QED) is 0.910. The number of furan rings is 1. The Hall–Kier alpha value is -1.03. The van der Waals surface area contributed by atoms with Crippen molar-refractivity contribution in [3.05, 3.63) is 57.7 Å². The maximum atomic E-state index is 13.7. The van der Waals surface area contributed by atoms with Crippen LogP contribution in [-0.2, 0) is 6.42 Å². The van der Waals surface area contributed by atoms with Crippen LogP contribution in [0, 0.1) is 5.82 Å². The van der Waals surface area contributed by atoms with Crippen LogP contribution in [0.4, 0.5) is 4.39 Å². The molecule has 0 bridgehead atoms. The second-order valence-corrected chi connectivity index (χ2v) is 4.71. The summed E-state index contributed by atoms with van der Waals surface area (Å²) in [6, 6.07) is 6.32. The normalized spacial score (nSPS) is 12.7. The van der Waals surface area contributed by atoms with Crippen LogP contribution in [0.5, 0.6) is 0 Å². The van der Waals surface area contributed by atoms with Gasteiger partial charge >= 0.3 is 0 Å². The third-order valence-electron chi connectivity index (χ3n) is 2.81. The van der Waals surface area contributed by atoms with Crippen molar-refractivity contribution < 1.29 is 8.81 Å². The first-order valence-electron chi connectivity index (χ1n) is 5.46. The summed E-state index contributed by atoms with van der Waals surface area (Å²) in [6.07, 6.45) is 1.99. The van der Waals surface area contributed by atoms with E-state index < -0.39 is 0 Å². The predicted octanol–water partition coefficient (Wildman–Crippen LogP) is 4.23. The highest BCUT2D eigenvalue weighted by Gasteiger charge is 2.17. The molecule has 2 rings (SSSR count). The summed E-state index contributed by atoms with van der Waals surface area (Å²) in [6.45, 7) is 0. The fraction of sp³-hybridized carbons (Fsp3) is 0.231. The zero-order valence-corrected chi connectivity index (χ0v) is 11.2. The molecule has 1 unspecified atom stereocenters. The third kappa shape index (κ3) is 2.86. The van der Waals surface area contributed by atoms with Crippen LogP contribution in [0.3, 0.4) is 0 Å². The van der Waals surface area contributed by atoms with Crippen LogP contribution < -0.4 is 5.32 Å². The lowest BCUT2D eigenvalue weighted by Crippen LogP contribution is -2.19. The van der Waals surface area contributed by atoms with Gasteiger partial charge in [0.25, 0.3) is 0 Å². The zero-order valence-electron chi connectivity index (χ0n) is 9.71. The fourth-order valence-corrected chi connectivity index (χ4v) is 2.23. The van der Waals surface area contributed by atoms with Gasteiger partial charge in [0, 0.05) is 16.6 Å². The van der Waals surface area contributed by atoms with E-state index in [1.165, 1.54) is 12.3 Å². The number of benzene rings is 1. The first-order valence-corrected chi connectivity index (χ1v) is 6.21. The summed E-state index contributed by atoms with van der Waals surface area (Å²) in [5.41, 5.74) is 1.39. The van der Waals surface area contributed by atoms with Crippen LogP contribution in [0.2, 0.25) is 10.2 Å². The number of hydrogen-bond donors (Lipinski definition) is 1. The summed E-state index contributed by atoms with van der Waals surface area (Å²) >= 11 is 11.6. The first kappa shape index (κ1) is 13.4. The highest BCUT2D eigenvalue weighted by Crippen LogP contribution is 2.27. The van der Waals surface area contributed by atoms with Crippen molar-refractivity contribution >= 4 is 23.2 Å². The lowest BCUT2D eigenvalue weighted by Gasteiger charge is -2.15. The largest absolute Gasteiger partial charge is 0.453 e. The second kappa shape index (κ2) is 5.74. The van der Waals surface area contributed by atoms with Gasteiger partial charge in [0.2, 0.25) is 0 Å². The van der Waals surface area contributed by atoms with Gasteiger partial charge in [-0.05, 0) is 48.8 Å². The van der Waals surface area contributed by atoms with Crippen molar-refractivity contribution in [1.29, 1.82) is 0 Å². The van der Waals surface area contributed by atoms with Crippen molar-refractivity contribution in [3.63, 3.8) is 0 Å². The maximum Gasteiger partial charge on any atom is 0.197 e. The fourth-order valence-electron chi connectivity index (χ4n) is 1.83. The monoisotopic (exact) mass is 287 g/mol. The SMILES string of the molecule is CNC(Cc1ccc(Cl)cc1F)c1ccoc1Cl. The van der Waals surface area contributed by atoms with Crippen LogP contribution in [0.15, 0.2) is 34.9 Å². The molecule has 1 aromatic heterocycles. The van der Waals surface area contributed by atoms with E-state index in [-0.39, 0.29) is 11.9 Å². The van der Waals surface area contributed by atoms with E-state index in [2.05, 4.69) is 5.32 Å². The van der Waals surface area contributed by atoms with E-state index in [1.54, 1.807) is 25.2 Å². The molecule has 0 radical (unpaired) electrons. The molecule has 0 amide bonds. The molecular weight excluding hydrogens is 276 g/mol. The molecule has 0 aliphatic heterocycles. The highest BCUT2D eigenvalue weighted by atomic mass is 35.5. The molecule has 1 heterocycles. The van der Waals surface area contributed by atoms with Crippen molar-refractivity contribution in [3.8, 4) is 0 Å². The molecule has 2 aromatic rings. The smallest absolute Gasteiger partial charge is 0.197 e. The highest BCUT2D eigenvalue weighted by molar-refractivity contribution is 6.30. The molecule has 0 fully saturated rings. The zero-order chi connectivity index (χ0) is 13.1. The van der Waals surface area contributed by atoms with E-state index in [1.807, 2.05) is 0 Å². The Kier molecular flexibility index (Phi) is 4.27. The summed E-state index contributed by atoms with van der Waals surface area (Å²) < 4.78 is 18.8. The van der Waals surface area contributed by atoms with Crippen LogP contribution in [-0.4, -0.2) is 7.05 Å². The Morgan fingerprint density at radius 3 is 2.67 bits per heavy atom. The Morgan fingerprint density at radius 2 is 2.11 bits per heavy atom. The average Bonchev–Trinajstić information content (AvgIpc) is 2.75. The van der Waals surface area contributed by atoms with Crippen LogP contribution in [0.25, 0.3) is 0 Å². The Morgan fingerprint density at radius 1 is 1.33 bits per heavy atom. The van der Waals surface area contributed by atoms with E-state index in [9.17, 15) is 4.39 Å². The molecular formula is C13H12Cl2FNO. The number of halogens is 3. The predicted molar refractivity (Wildman–Crippen MR) is 70.6 cm³/mol. The molecule has 18 heavy (non-hydrogen) atoms. The van der Waals surface area contributed by atoms with Gasteiger partial charge in [-0.25, -0.2) is 4.39 Å². The summed E-state index contributed by atoms with van der Waals surface area (Å²) in [5, 5.41) is 3.80. The summed E-state index contributed by atoms with van der Waals surface area (Å²) in [7, 11) is 1.79. The van der Waals surface area contributed by atoms with Crippen LogP contribution in [0.1, 0.15) is 17.2 Å². The van der Waals surface area contributed by atoms with Gasteiger partial charge in [-0.3, -0.25) is 0 Å². The molecule has 5 heteroatoms. The van der Waals surface area contributed by atoms with Crippen LogP contribution >= 0.6 is 23.2 Å². The number of hydrogen-bond acceptors (Lipinski definition) is 2. The topological polar surface area (TPSA) is 25.2 Å². The Labute approximate surface area is 115 Å². The van der Waals surface area contributed by atoms with Gasteiger partial charge in [-0.2, -0.15) is 0 Å². The molecule has 1 atom stereocenters. The summed E-state index contributed by atoms with van der Waals surface area (Å²) in [4.78, 5) is 0. The maximum absolute atomic E-state index is 13.7. The lowest BCUT2D eigenvalue weighted by atomic mass is 10.0. The van der Waals surface area contributed by atoms with Gasteiger partial charge in [-0.1, -0.05) is 17.7 Å². The standard InChI is InChI=1S/C13H12Cl2FNO/c1-17-12(10-4-5-18-13(10)15)6-8-2-3-9(14)7-11(8)16/h2-5,7,12,17H,6H2,1H3. The summed E-state index contributed by atoms with van der Waals surface area (Å²) in [5.74, 6) is -0.317. The minimum Gasteiger partial charge on any atom is -0.453 e. The molecule has 0 spiro atoms. The lowest BCUT2D eigenvalue weighted by molar-refractivity contribution is 0.533. The van der Waals surface area contributed by atoms with E-state index in [0.717, 1.165) is 5.56 Å². The van der Waals surface area contributed by atoms with Crippen molar-refractivity contribution in [2.24, 2.45) is 0 Å². The molecule has 0 saturated carbocycles. The third-order valence-corrected chi connectivity index (χ3v) is 3.35. The number of rotatable bonds is 4. The van der Waals surface area contributed by atoms with Gasteiger partial charge in [0.15, 0.2) is 5.22 Å². The Bertz CT molecular complexity index is 542. The average molecular weight is 288 g/mol. The van der Waals surface area contributed by atoms with E-state index in [0.29, 0.717) is 22.2 Å². The van der Waals surface area contributed by atoms with Crippen molar-refractivity contribution in [1.82, 2.24) is 5.32 Å². The first-order chi connectivity index (χ1) is 8.61. The van der Waals surface area contributed by atoms with Crippen molar-refractivity contribution in [2.75, 3.05) is 7.05 Å². The molecule has 96 valence electrons. The van der Waals surface area contributed by atoms with Gasteiger partial charge < -0.3 is 9.73 Å². The molecule has 2 nitrogen and oxygen atoms in total. The van der Waals surface area contributed by atoms with E-state index in [4.69, 9.17) is 27.6 Å². The minimum atomic E-state index is -0.317. The van der Waals surface area contributed by atoms with Gasteiger partial charge in [-0.15, -0.1) is 0 Å². The molecule has 0 saturated heterocycles. The number of likely N-dealkylation sites (N-methyl/N-ethyl adjacent to an activating group) is 1. The second-order valence-electron chi connectivity index (χ2n) is 3.93. The molecule has 0 aliphatic carbocycles.